The zero-order chi connectivity index (χ0) is 9.19. The second-order valence-corrected chi connectivity index (χ2v) is 2.45. The molecule has 4 heteroatoms. The van der Waals surface area contributed by atoms with E-state index in [1.54, 1.807) is 0 Å². The van der Waals surface area contributed by atoms with Crippen LogP contribution in [0.5, 0.6) is 0 Å². The second-order valence-electron chi connectivity index (χ2n) is 2.45. The number of hydrogen-bond donors (Lipinski definition) is 1. The molecule has 4 nitrogen and oxygen atoms in total. The first-order valence-corrected chi connectivity index (χ1v) is 3.22. The standard InChI is InChI=1S/C8H7NO3/c1-3-8(2,11)7-4-6(5-10)12-9-7/h1,4-5,11H,2H3/t8-/m1/s1. The third-order valence-corrected chi connectivity index (χ3v) is 1.42. The summed E-state index contributed by atoms with van der Waals surface area (Å²) in [7, 11) is 0. The number of carbonyl (C=O) groups excluding carboxylic acids is 1. The molecule has 1 rings (SSSR count). The Morgan fingerprint density at radius 2 is 2.58 bits per heavy atom. The van der Waals surface area contributed by atoms with Crippen molar-refractivity contribution in [3.63, 3.8) is 0 Å². The van der Waals surface area contributed by atoms with Crippen molar-refractivity contribution < 1.29 is 14.4 Å². The molecule has 0 unspecified atom stereocenters. The lowest BCUT2D eigenvalue weighted by atomic mass is 10.0. The first-order valence-electron chi connectivity index (χ1n) is 3.22. The van der Waals surface area contributed by atoms with Gasteiger partial charge in [0.05, 0.1) is 0 Å². The highest BCUT2D eigenvalue weighted by atomic mass is 16.5. The minimum atomic E-state index is -1.48. The van der Waals surface area contributed by atoms with Crippen LogP contribution in [0.2, 0.25) is 0 Å². The van der Waals surface area contributed by atoms with Crippen LogP contribution in [0.3, 0.4) is 0 Å². The van der Waals surface area contributed by atoms with Gasteiger partial charge < -0.3 is 9.63 Å². The number of aldehydes is 1. The van der Waals surface area contributed by atoms with E-state index in [0.717, 1.165) is 0 Å². The zero-order valence-electron chi connectivity index (χ0n) is 6.44. The van der Waals surface area contributed by atoms with Gasteiger partial charge in [-0.1, -0.05) is 11.1 Å². The molecule has 0 aliphatic carbocycles. The largest absolute Gasteiger partial charge is 0.372 e. The number of aromatic nitrogens is 1. The molecule has 0 saturated carbocycles. The Hall–Kier alpha value is -1.60. The van der Waals surface area contributed by atoms with Crippen molar-refractivity contribution in [3.8, 4) is 12.3 Å². The third kappa shape index (κ3) is 1.36. The molecule has 0 amide bonds. The van der Waals surface area contributed by atoms with E-state index >= 15 is 0 Å². The van der Waals surface area contributed by atoms with Crippen molar-refractivity contribution in [1.82, 2.24) is 5.16 Å². The lowest BCUT2D eigenvalue weighted by Crippen LogP contribution is -2.18. The van der Waals surface area contributed by atoms with Crippen molar-refractivity contribution in [3.05, 3.63) is 17.5 Å². The van der Waals surface area contributed by atoms with Gasteiger partial charge in [-0.25, -0.2) is 0 Å². The monoisotopic (exact) mass is 165 g/mol. The van der Waals surface area contributed by atoms with Crippen LogP contribution in [0.15, 0.2) is 10.6 Å². The van der Waals surface area contributed by atoms with Crippen molar-refractivity contribution in [1.29, 1.82) is 0 Å². The smallest absolute Gasteiger partial charge is 0.199 e. The summed E-state index contributed by atoms with van der Waals surface area (Å²) in [5.41, 5.74) is -1.32. The molecule has 1 aromatic rings. The maximum atomic E-state index is 10.2. The second kappa shape index (κ2) is 2.80. The molecule has 0 fully saturated rings. The summed E-state index contributed by atoms with van der Waals surface area (Å²) in [6.07, 6.45) is 5.51. The minimum absolute atomic E-state index is 0.0422. The molecule has 0 aliphatic heterocycles. The Bertz CT molecular complexity index is 332. The average Bonchev–Trinajstić information content (AvgIpc) is 2.52. The molecule has 1 heterocycles. The minimum Gasteiger partial charge on any atom is -0.372 e. The van der Waals surface area contributed by atoms with Gasteiger partial charge in [0.25, 0.3) is 0 Å². The first-order chi connectivity index (χ1) is 5.60. The highest BCUT2D eigenvalue weighted by molar-refractivity contribution is 5.70. The number of rotatable bonds is 2. The summed E-state index contributed by atoms with van der Waals surface area (Å²) < 4.78 is 4.53. The molecule has 1 aromatic heterocycles. The predicted octanol–water partition coefficient (Wildman–Crippen LogP) is 0.328. The van der Waals surface area contributed by atoms with Gasteiger partial charge in [-0.15, -0.1) is 6.42 Å². The quantitative estimate of drug-likeness (QED) is 0.506. The molecule has 1 atom stereocenters. The van der Waals surface area contributed by atoms with Crippen LogP contribution in [0.1, 0.15) is 23.2 Å². The fraction of sp³-hybridized carbons (Fsp3) is 0.250. The number of nitrogens with zero attached hydrogens (tertiary/aromatic N) is 1. The van der Waals surface area contributed by atoms with E-state index in [1.165, 1.54) is 13.0 Å². The van der Waals surface area contributed by atoms with Gasteiger partial charge in [-0.05, 0) is 6.92 Å². The third-order valence-electron chi connectivity index (χ3n) is 1.42. The zero-order valence-corrected chi connectivity index (χ0v) is 6.44. The Labute approximate surface area is 69.2 Å². The Kier molecular flexibility index (Phi) is 1.98. The maximum absolute atomic E-state index is 10.2. The maximum Gasteiger partial charge on any atom is 0.199 e. The SMILES string of the molecule is C#C[C@@](C)(O)c1cc(C=O)on1. The van der Waals surface area contributed by atoms with Crippen LogP contribution >= 0.6 is 0 Å². The van der Waals surface area contributed by atoms with Gasteiger partial charge in [0, 0.05) is 6.07 Å². The Balaban J connectivity index is 3.05. The van der Waals surface area contributed by atoms with Crippen LogP contribution in [0.4, 0.5) is 0 Å². The Morgan fingerprint density at radius 1 is 1.92 bits per heavy atom. The van der Waals surface area contributed by atoms with Crippen molar-refractivity contribution in [2.75, 3.05) is 0 Å². The van der Waals surface area contributed by atoms with E-state index in [4.69, 9.17) is 6.42 Å². The van der Waals surface area contributed by atoms with Crippen molar-refractivity contribution in [2.24, 2.45) is 0 Å². The summed E-state index contributed by atoms with van der Waals surface area (Å²) in [5, 5.41) is 12.9. The summed E-state index contributed by atoms with van der Waals surface area (Å²) in [5.74, 6) is 2.15. The lowest BCUT2D eigenvalue weighted by Gasteiger charge is -2.10. The molecule has 0 radical (unpaired) electrons. The summed E-state index contributed by atoms with van der Waals surface area (Å²) in [6.45, 7) is 1.39. The van der Waals surface area contributed by atoms with Crippen LogP contribution in [-0.4, -0.2) is 16.5 Å². The molecular weight excluding hydrogens is 158 g/mol. The molecule has 62 valence electrons. The van der Waals surface area contributed by atoms with Gasteiger partial charge in [-0.2, -0.15) is 0 Å². The molecule has 0 saturated heterocycles. The van der Waals surface area contributed by atoms with E-state index in [9.17, 15) is 9.90 Å². The van der Waals surface area contributed by atoms with E-state index in [-0.39, 0.29) is 11.5 Å². The number of terminal acetylenes is 1. The number of hydrogen-bond acceptors (Lipinski definition) is 4. The van der Waals surface area contributed by atoms with E-state index in [1.807, 2.05) is 0 Å². The normalized spacial score (nSPS) is 14.8. The summed E-state index contributed by atoms with van der Waals surface area (Å²) >= 11 is 0. The van der Waals surface area contributed by atoms with Crippen LogP contribution in [0.25, 0.3) is 0 Å². The van der Waals surface area contributed by atoms with Gasteiger partial charge in [0.15, 0.2) is 17.6 Å². The van der Waals surface area contributed by atoms with E-state index in [0.29, 0.717) is 6.29 Å². The molecule has 1 N–H and O–H groups in total. The lowest BCUT2D eigenvalue weighted by molar-refractivity contribution is 0.107. The highest BCUT2D eigenvalue weighted by Crippen LogP contribution is 2.17. The number of aliphatic hydroxyl groups is 1. The summed E-state index contributed by atoms with van der Waals surface area (Å²) in [6, 6.07) is 1.30. The molecule has 0 aromatic carbocycles. The van der Waals surface area contributed by atoms with E-state index in [2.05, 4.69) is 15.6 Å². The van der Waals surface area contributed by atoms with Crippen LogP contribution < -0.4 is 0 Å². The molecule has 0 aliphatic rings. The van der Waals surface area contributed by atoms with Gasteiger partial charge >= 0.3 is 0 Å². The van der Waals surface area contributed by atoms with Gasteiger partial charge in [0.1, 0.15) is 5.69 Å². The fourth-order valence-corrected chi connectivity index (χ4v) is 0.648. The van der Waals surface area contributed by atoms with Crippen LogP contribution in [-0.2, 0) is 5.60 Å². The highest BCUT2D eigenvalue weighted by Gasteiger charge is 2.24. The molecule has 0 bridgehead atoms. The molecule has 12 heavy (non-hydrogen) atoms. The topological polar surface area (TPSA) is 63.3 Å². The first kappa shape index (κ1) is 8.50. The summed E-state index contributed by atoms with van der Waals surface area (Å²) in [4.78, 5) is 10.2. The predicted molar refractivity (Wildman–Crippen MR) is 40.3 cm³/mol. The van der Waals surface area contributed by atoms with Crippen LogP contribution in [0, 0.1) is 12.3 Å². The van der Waals surface area contributed by atoms with Crippen molar-refractivity contribution in [2.45, 2.75) is 12.5 Å². The van der Waals surface area contributed by atoms with Crippen molar-refractivity contribution >= 4 is 6.29 Å². The number of carbonyl (C=O) groups is 1. The fourth-order valence-electron chi connectivity index (χ4n) is 0.648. The average molecular weight is 165 g/mol. The molecular formula is C8H7NO3. The molecule has 0 spiro atoms. The van der Waals surface area contributed by atoms with E-state index < -0.39 is 5.60 Å². The van der Waals surface area contributed by atoms with Gasteiger partial charge in [-0.3, -0.25) is 4.79 Å². The van der Waals surface area contributed by atoms with Gasteiger partial charge in [0.2, 0.25) is 0 Å². The Morgan fingerprint density at radius 3 is 3.00 bits per heavy atom.